The van der Waals surface area contributed by atoms with Gasteiger partial charge in [-0.15, -0.1) is 0 Å². The molecule has 7 nitrogen and oxygen atoms in total. The largest absolute Gasteiger partial charge is 0.326 e. The van der Waals surface area contributed by atoms with E-state index in [-0.39, 0.29) is 11.8 Å². The zero-order valence-electron chi connectivity index (χ0n) is 17.3. The van der Waals surface area contributed by atoms with E-state index < -0.39 is 0 Å². The minimum atomic E-state index is 0.0240. The molecule has 0 atom stereocenters. The molecule has 2 aliphatic rings. The van der Waals surface area contributed by atoms with E-state index in [1.165, 1.54) is 0 Å². The molecule has 1 N–H and O–H groups in total. The Morgan fingerprint density at radius 2 is 1.73 bits per heavy atom. The van der Waals surface area contributed by atoms with Gasteiger partial charge in [-0.25, -0.2) is 0 Å². The third-order valence-electron chi connectivity index (χ3n) is 5.77. The first kappa shape index (κ1) is 20.5. The molecule has 2 fully saturated rings. The summed E-state index contributed by atoms with van der Waals surface area (Å²) < 4.78 is 0. The summed E-state index contributed by atoms with van der Waals surface area (Å²) in [6, 6.07) is 13.6. The minimum Gasteiger partial charge on any atom is -0.326 e. The van der Waals surface area contributed by atoms with Crippen LogP contribution in [-0.2, 0) is 16.1 Å². The van der Waals surface area contributed by atoms with Gasteiger partial charge in [-0.1, -0.05) is 6.07 Å². The van der Waals surface area contributed by atoms with Crippen molar-refractivity contribution >= 4 is 23.2 Å². The fourth-order valence-electron chi connectivity index (χ4n) is 4.02. The SMILES string of the molecule is O=C(CCN1CCN(Cc2ccccn2)CC1)Nc1ccc(N2CCCC2=O)cc1. The van der Waals surface area contributed by atoms with E-state index in [9.17, 15) is 9.59 Å². The van der Waals surface area contributed by atoms with Crippen molar-refractivity contribution in [2.45, 2.75) is 25.8 Å². The van der Waals surface area contributed by atoms with Gasteiger partial charge in [0, 0.05) is 76.2 Å². The Kier molecular flexibility index (Phi) is 6.71. The molecule has 2 aromatic rings. The molecular weight excluding hydrogens is 378 g/mol. The molecule has 2 saturated heterocycles. The van der Waals surface area contributed by atoms with E-state index >= 15 is 0 Å². The molecule has 2 aliphatic heterocycles. The van der Waals surface area contributed by atoms with Gasteiger partial charge in [0.05, 0.1) is 5.69 Å². The molecule has 4 rings (SSSR count). The molecule has 2 amide bonds. The second-order valence-electron chi connectivity index (χ2n) is 7.93. The second kappa shape index (κ2) is 9.82. The van der Waals surface area contributed by atoms with Crippen molar-refractivity contribution in [3.05, 3.63) is 54.4 Å². The Bertz CT molecular complexity index is 848. The summed E-state index contributed by atoms with van der Waals surface area (Å²) in [4.78, 5) is 35.1. The zero-order chi connectivity index (χ0) is 20.8. The van der Waals surface area contributed by atoms with Crippen LogP contribution in [0.2, 0.25) is 0 Å². The minimum absolute atomic E-state index is 0.0240. The monoisotopic (exact) mass is 407 g/mol. The molecule has 0 unspecified atom stereocenters. The first-order chi connectivity index (χ1) is 14.7. The highest BCUT2D eigenvalue weighted by atomic mass is 16.2. The number of rotatable bonds is 7. The number of nitrogens with zero attached hydrogens (tertiary/aromatic N) is 4. The molecule has 1 aromatic heterocycles. The molecule has 0 radical (unpaired) electrons. The number of carbonyl (C=O) groups excluding carboxylic acids is 2. The second-order valence-corrected chi connectivity index (χ2v) is 7.93. The number of anilines is 2. The molecule has 158 valence electrons. The van der Waals surface area contributed by atoms with Gasteiger partial charge in [0.25, 0.3) is 0 Å². The number of hydrogen-bond donors (Lipinski definition) is 1. The molecule has 0 bridgehead atoms. The van der Waals surface area contributed by atoms with Crippen molar-refractivity contribution in [2.75, 3.05) is 49.5 Å². The van der Waals surface area contributed by atoms with E-state index in [2.05, 4.69) is 26.2 Å². The molecule has 0 saturated carbocycles. The number of nitrogens with one attached hydrogen (secondary N) is 1. The van der Waals surface area contributed by atoms with Crippen LogP contribution in [0.15, 0.2) is 48.7 Å². The number of carbonyl (C=O) groups is 2. The van der Waals surface area contributed by atoms with Crippen LogP contribution < -0.4 is 10.2 Å². The summed E-state index contributed by atoms with van der Waals surface area (Å²) in [6.45, 7) is 6.36. The fraction of sp³-hybridized carbons (Fsp3) is 0.435. The van der Waals surface area contributed by atoms with Gasteiger partial charge >= 0.3 is 0 Å². The molecule has 3 heterocycles. The summed E-state index contributed by atoms with van der Waals surface area (Å²) in [7, 11) is 0. The molecule has 1 aromatic carbocycles. The van der Waals surface area contributed by atoms with Gasteiger partial charge in [0.1, 0.15) is 0 Å². The van der Waals surface area contributed by atoms with E-state index in [1.54, 1.807) is 4.90 Å². The Hall–Kier alpha value is -2.77. The van der Waals surface area contributed by atoms with Crippen molar-refractivity contribution < 1.29 is 9.59 Å². The standard InChI is InChI=1S/C23H29N5O2/c29-22(25-19-6-8-21(9-7-19)28-12-3-5-23(28)30)10-13-26-14-16-27(17-15-26)18-20-4-1-2-11-24-20/h1-2,4,6-9,11H,3,5,10,12-18H2,(H,25,29). The third kappa shape index (κ3) is 5.43. The van der Waals surface area contributed by atoms with E-state index in [0.29, 0.717) is 12.8 Å². The molecule has 7 heteroatoms. The number of hydrogen-bond acceptors (Lipinski definition) is 5. The van der Waals surface area contributed by atoms with Gasteiger partial charge < -0.3 is 15.1 Å². The van der Waals surface area contributed by atoms with Crippen molar-refractivity contribution in [1.29, 1.82) is 0 Å². The van der Waals surface area contributed by atoms with E-state index in [1.807, 2.05) is 42.6 Å². The summed E-state index contributed by atoms with van der Waals surface area (Å²) in [5.74, 6) is 0.197. The molecule has 0 spiro atoms. The zero-order valence-corrected chi connectivity index (χ0v) is 17.3. The normalized spacial score (nSPS) is 18.0. The van der Waals surface area contributed by atoms with Crippen LogP contribution in [-0.4, -0.2) is 65.9 Å². The van der Waals surface area contributed by atoms with Crippen LogP contribution in [0.3, 0.4) is 0 Å². The van der Waals surface area contributed by atoms with Gasteiger partial charge in [0.15, 0.2) is 0 Å². The predicted molar refractivity (Wildman–Crippen MR) is 117 cm³/mol. The molecule has 30 heavy (non-hydrogen) atoms. The maximum absolute atomic E-state index is 12.3. The quantitative estimate of drug-likeness (QED) is 0.763. The van der Waals surface area contributed by atoms with Crippen LogP contribution in [0.25, 0.3) is 0 Å². The van der Waals surface area contributed by atoms with Crippen molar-refractivity contribution in [3.63, 3.8) is 0 Å². The average molecular weight is 408 g/mol. The highest BCUT2D eigenvalue weighted by molar-refractivity contribution is 5.96. The summed E-state index contributed by atoms with van der Waals surface area (Å²) in [6.07, 6.45) is 3.85. The van der Waals surface area contributed by atoms with Gasteiger partial charge in [-0.3, -0.25) is 19.5 Å². The van der Waals surface area contributed by atoms with Gasteiger partial charge in [0.2, 0.25) is 11.8 Å². The smallest absolute Gasteiger partial charge is 0.227 e. The Morgan fingerprint density at radius 1 is 0.967 bits per heavy atom. The maximum Gasteiger partial charge on any atom is 0.227 e. The van der Waals surface area contributed by atoms with Crippen molar-refractivity contribution in [1.82, 2.24) is 14.8 Å². The lowest BCUT2D eigenvalue weighted by atomic mass is 10.2. The van der Waals surface area contributed by atoms with E-state index in [0.717, 1.165) is 69.3 Å². The molecular formula is C23H29N5O2. The van der Waals surface area contributed by atoms with Crippen LogP contribution in [0.4, 0.5) is 11.4 Å². The highest BCUT2D eigenvalue weighted by Crippen LogP contribution is 2.23. The van der Waals surface area contributed by atoms with Gasteiger partial charge in [-0.05, 0) is 42.8 Å². The lowest BCUT2D eigenvalue weighted by Crippen LogP contribution is -2.46. The highest BCUT2D eigenvalue weighted by Gasteiger charge is 2.21. The molecule has 0 aliphatic carbocycles. The Morgan fingerprint density at radius 3 is 2.40 bits per heavy atom. The lowest BCUT2D eigenvalue weighted by Gasteiger charge is -2.34. The Labute approximate surface area is 177 Å². The van der Waals surface area contributed by atoms with Crippen LogP contribution >= 0.6 is 0 Å². The first-order valence-corrected chi connectivity index (χ1v) is 10.7. The third-order valence-corrected chi connectivity index (χ3v) is 5.77. The van der Waals surface area contributed by atoms with Gasteiger partial charge in [-0.2, -0.15) is 0 Å². The summed E-state index contributed by atoms with van der Waals surface area (Å²) >= 11 is 0. The van der Waals surface area contributed by atoms with Crippen molar-refractivity contribution in [3.8, 4) is 0 Å². The average Bonchev–Trinajstić information content (AvgIpc) is 3.20. The number of amides is 2. The summed E-state index contributed by atoms with van der Waals surface area (Å²) in [5, 5.41) is 2.96. The topological polar surface area (TPSA) is 68.8 Å². The number of aromatic nitrogens is 1. The maximum atomic E-state index is 12.3. The predicted octanol–water partition coefficient (Wildman–Crippen LogP) is 2.35. The summed E-state index contributed by atoms with van der Waals surface area (Å²) in [5.41, 5.74) is 2.78. The first-order valence-electron chi connectivity index (χ1n) is 10.7. The van der Waals surface area contributed by atoms with Crippen LogP contribution in [0.5, 0.6) is 0 Å². The number of benzene rings is 1. The Balaban J connectivity index is 1.17. The van der Waals surface area contributed by atoms with Crippen molar-refractivity contribution in [2.24, 2.45) is 0 Å². The van der Waals surface area contributed by atoms with E-state index in [4.69, 9.17) is 0 Å². The number of pyridine rings is 1. The van der Waals surface area contributed by atoms with Crippen LogP contribution in [0, 0.1) is 0 Å². The lowest BCUT2D eigenvalue weighted by molar-refractivity contribution is -0.117. The fourth-order valence-corrected chi connectivity index (χ4v) is 4.02. The van der Waals surface area contributed by atoms with Crippen LogP contribution in [0.1, 0.15) is 25.0 Å². The number of piperazine rings is 1.